The third-order valence-corrected chi connectivity index (χ3v) is 4.50. The Morgan fingerprint density at radius 2 is 2.07 bits per heavy atom. The zero-order valence-corrected chi connectivity index (χ0v) is 14.5. The highest BCUT2D eigenvalue weighted by atomic mass is 19.3. The van der Waals surface area contributed by atoms with Crippen LogP contribution in [0.1, 0.15) is 17.0 Å². The molecule has 1 atom stereocenters. The summed E-state index contributed by atoms with van der Waals surface area (Å²) in [4.78, 5) is 24.5. The van der Waals surface area contributed by atoms with Crippen LogP contribution in [0.2, 0.25) is 0 Å². The third kappa shape index (κ3) is 3.34. The average molecular weight is 403 g/mol. The van der Waals surface area contributed by atoms with Gasteiger partial charge in [-0.05, 0) is 17.2 Å². The number of carbonyl (C=O) groups excluding carboxylic acids is 2. The van der Waals surface area contributed by atoms with Gasteiger partial charge in [-0.15, -0.1) is 0 Å². The Hall–Kier alpha value is -2.91. The van der Waals surface area contributed by atoms with Gasteiger partial charge in [0.05, 0.1) is 35.6 Å². The van der Waals surface area contributed by atoms with E-state index in [0.717, 1.165) is 13.2 Å². The maximum absolute atomic E-state index is 14.3. The molecule has 28 heavy (non-hydrogen) atoms. The second-order valence-electron chi connectivity index (χ2n) is 6.09. The Morgan fingerprint density at radius 1 is 1.36 bits per heavy atom. The number of hydrogen-bond acceptors (Lipinski definition) is 5. The zero-order chi connectivity index (χ0) is 20.6. The van der Waals surface area contributed by atoms with Gasteiger partial charge in [-0.25, -0.2) is 31.5 Å². The van der Waals surface area contributed by atoms with E-state index in [1.165, 1.54) is 0 Å². The number of benzene rings is 1. The van der Waals surface area contributed by atoms with Gasteiger partial charge in [0.15, 0.2) is 0 Å². The van der Waals surface area contributed by atoms with Gasteiger partial charge in [0.1, 0.15) is 24.9 Å². The van der Waals surface area contributed by atoms with Crippen LogP contribution in [0.5, 0.6) is 0 Å². The number of esters is 2. The molecule has 0 saturated carbocycles. The van der Waals surface area contributed by atoms with E-state index >= 15 is 0 Å². The van der Waals surface area contributed by atoms with E-state index in [2.05, 4.69) is 10.1 Å². The van der Waals surface area contributed by atoms with Crippen molar-refractivity contribution in [3.63, 3.8) is 0 Å². The number of alkyl halides is 3. The summed E-state index contributed by atoms with van der Waals surface area (Å²) in [6.45, 7) is -1.49. The summed E-state index contributed by atoms with van der Waals surface area (Å²) in [5.74, 6) is -5.90. The number of carbonyl (C=O) groups is 2. The van der Waals surface area contributed by atoms with Crippen molar-refractivity contribution in [1.82, 2.24) is 5.32 Å². The molecule has 0 spiro atoms. The first-order valence-electron chi connectivity index (χ1n) is 8.08. The SMILES string of the molecule is COC(=O)C1=C(CF)NC2=C(C(=O)OC2)[C@@H]1c1cc(F)cc(F)c1CC(F)F. The number of halogens is 5. The maximum Gasteiger partial charge on any atom is 0.337 e. The molecule has 0 fully saturated rings. The van der Waals surface area contributed by atoms with Crippen LogP contribution in [0, 0.1) is 11.6 Å². The first kappa shape index (κ1) is 19.8. The highest BCUT2D eigenvalue weighted by molar-refractivity contribution is 6.01. The molecule has 3 rings (SSSR count). The summed E-state index contributed by atoms with van der Waals surface area (Å²) in [6, 6.07) is 1.16. The normalized spacial score (nSPS) is 19.0. The van der Waals surface area contributed by atoms with E-state index < -0.39 is 65.7 Å². The summed E-state index contributed by atoms with van der Waals surface area (Å²) >= 11 is 0. The van der Waals surface area contributed by atoms with Crippen LogP contribution >= 0.6 is 0 Å². The molecule has 10 heteroatoms. The molecule has 1 aromatic carbocycles. The Kier molecular flexibility index (Phi) is 5.39. The lowest BCUT2D eigenvalue weighted by atomic mass is 9.78. The Labute approximate surface area is 155 Å². The van der Waals surface area contributed by atoms with E-state index in [-0.39, 0.29) is 23.6 Å². The van der Waals surface area contributed by atoms with Gasteiger partial charge in [0.25, 0.3) is 0 Å². The fraction of sp³-hybridized carbons (Fsp3) is 0.333. The van der Waals surface area contributed by atoms with Crippen LogP contribution in [0.25, 0.3) is 0 Å². The number of cyclic esters (lactones) is 1. The predicted octanol–water partition coefficient (Wildman–Crippen LogP) is 2.67. The quantitative estimate of drug-likeness (QED) is 0.605. The van der Waals surface area contributed by atoms with Crippen molar-refractivity contribution in [3.8, 4) is 0 Å². The van der Waals surface area contributed by atoms with Gasteiger partial charge in [-0.2, -0.15) is 0 Å². The Balaban J connectivity index is 2.31. The average Bonchev–Trinajstić information content (AvgIpc) is 3.02. The van der Waals surface area contributed by atoms with Crippen molar-refractivity contribution in [3.05, 3.63) is 57.4 Å². The smallest absolute Gasteiger partial charge is 0.337 e. The standard InChI is InChI=1S/C18H14F5NO4/c1-27-17(25)15-11(5-19)24-12-6-28-18(26)16(12)14(15)9-2-7(20)3-10(21)8(9)4-13(22)23/h2-3,13-14,24H,4-6H2,1H3/t14-/m1/s1. The van der Waals surface area contributed by atoms with Gasteiger partial charge in [-0.1, -0.05) is 0 Å². The van der Waals surface area contributed by atoms with E-state index in [1.54, 1.807) is 0 Å². The second kappa shape index (κ2) is 7.61. The van der Waals surface area contributed by atoms with Crippen molar-refractivity contribution < 1.29 is 41.0 Å². The molecule has 0 radical (unpaired) electrons. The molecule has 1 aromatic rings. The van der Waals surface area contributed by atoms with Crippen molar-refractivity contribution in [2.24, 2.45) is 0 Å². The van der Waals surface area contributed by atoms with E-state index in [1.807, 2.05) is 0 Å². The summed E-state index contributed by atoms with van der Waals surface area (Å²) in [7, 11) is 0.991. The van der Waals surface area contributed by atoms with Crippen LogP contribution < -0.4 is 5.32 Å². The maximum atomic E-state index is 14.3. The van der Waals surface area contributed by atoms with E-state index in [0.29, 0.717) is 6.07 Å². The molecule has 1 N–H and O–H groups in total. The van der Waals surface area contributed by atoms with Gasteiger partial charge >= 0.3 is 11.9 Å². The highest BCUT2D eigenvalue weighted by Gasteiger charge is 2.44. The minimum atomic E-state index is -2.99. The van der Waals surface area contributed by atoms with Gasteiger partial charge in [0, 0.05) is 12.5 Å². The van der Waals surface area contributed by atoms with Crippen molar-refractivity contribution in [2.45, 2.75) is 18.8 Å². The first-order chi connectivity index (χ1) is 13.3. The molecule has 0 aromatic heterocycles. The van der Waals surface area contributed by atoms with Crippen LogP contribution in [0.15, 0.2) is 34.7 Å². The van der Waals surface area contributed by atoms with Gasteiger partial charge < -0.3 is 14.8 Å². The molecule has 0 bridgehead atoms. The molecule has 150 valence electrons. The first-order valence-corrected chi connectivity index (χ1v) is 8.08. The lowest BCUT2D eigenvalue weighted by molar-refractivity contribution is -0.136. The van der Waals surface area contributed by atoms with Crippen LogP contribution in [0.3, 0.4) is 0 Å². The minimum absolute atomic E-state index is 0.0861. The van der Waals surface area contributed by atoms with Crippen molar-refractivity contribution >= 4 is 11.9 Å². The molecule has 0 unspecified atom stereocenters. The number of dihydropyridines is 1. The Morgan fingerprint density at radius 3 is 2.68 bits per heavy atom. The molecular weight excluding hydrogens is 389 g/mol. The topological polar surface area (TPSA) is 64.6 Å². The van der Waals surface area contributed by atoms with Gasteiger partial charge in [0.2, 0.25) is 6.43 Å². The lowest BCUT2D eigenvalue weighted by Crippen LogP contribution is -2.32. The zero-order valence-electron chi connectivity index (χ0n) is 14.5. The summed E-state index contributed by atoms with van der Waals surface area (Å²) in [5, 5.41) is 2.55. The minimum Gasteiger partial charge on any atom is -0.466 e. The van der Waals surface area contributed by atoms with Crippen LogP contribution in [0.4, 0.5) is 22.0 Å². The number of hydrogen-bond donors (Lipinski definition) is 1. The monoisotopic (exact) mass is 403 g/mol. The molecule has 0 amide bonds. The molecule has 2 heterocycles. The summed E-state index contributed by atoms with van der Waals surface area (Å²) < 4.78 is 77.4. The number of nitrogens with one attached hydrogen (secondary N) is 1. The molecule has 5 nitrogen and oxygen atoms in total. The molecular formula is C18H14F5NO4. The van der Waals surface area contributed by atoms with Crippen LogP contribution in [-0.2, 0) is 25.5 Å². The number of rotatable bonds is 5. The number of allylic oxidation sites excluding steroid dienone is 1. The molecule has 2 aliphatic rings. The largest absolute Gasteiger partial charge is 0.466 e. The fourth-order valence-corrected chi connectivity index (χ4v) is 3.40. The molecule has 0 aliphatic carbocycles. The summed E-state index contributed by atoms with van der Waals surface area (Å²) in [5.41, 5.74) is -1.85. The second-order valence-corrected chi connectivity index (χ2v) is 6.09. The van der Waals surface area contributed by atoms with Crippen LogP contribution in [-0.4, -0.2) is 38.8 Å². The van der Waals surface area contributed by atoms with E-state index in [9.17, 15) is 31.5 Å². The van der Waals surface area contributed by atoms with Crippen molar-refractivity contribution in [2.75, 3.05) is 20.4 Å². The fourth-order valence-electron chi connectivity index (χ4n) is 3.40. The third-order valence-electron chi connectivity index (χ3n) is 4.50. The van der Waals surface area contributed by atoms with Gasteiger partial charge in [-0.3, -0.25) is 0 Å². The Bertz CT molecular complexity index is 909. The predicted molar refractivity (Wildman–Crippen MR) is 84.9 cm³/mol. The lowest BCUT2D eigenvalue weighted by Gasteiger charge is -2.29. The number of ether oxygens (including phenoxy) is 2. The van der Waals surface area contributed by atoms with Crippen molar-refractivity contribution in [1.29, 1.82) is 0 Å². The summed E-state index contributed by atoms with van der Waals surface area (Å²) in [6.07, 6.45) is -4.08. The molecule has 0 saturated heterocycles. The number of methoxy groups -OCH3 is 1. The van der Waals surface area contributed by atoms with E-state index in [4.69, 9.17) is 4.74 Å². The molecule has 2 aliphatic heterocycles. The highest BCUT2D eigenvalue weighted by Crippen LogP contribution is 2.43.